The summed E-state index contributed by atoms with van der Waals surface area (Å²) in [5, 5.41) is 15.5. The molecule has 2 saturated heterocycles. The molecule has 21 heavy (non-hydrogen) atoms. The molecule has 0 saturated carbocycles. The highest BCUT2D eigenvalue weighted by molar-refractivity contribution is 9.10. The molecule has 110 valence electrons. The first-order valence-corrected chi connectivity index (χ1v) is 7.95. The molecule has 0 unspecified atom stereocenters. The topological polar surface area (TPSA) is 68.2 Å². The number of rotatable bonds is 3. The molecule has 0 aliphatic carbocycles. The number of amides is 1. The molecule has 2 N–H and O–H groups in total. The molecule has 1 aromatic rings. The lowest BCUT2D eigenvalue weighted by Crippen LogP contribution is -2.55. The SMILES string of the molecule is N#Cc1cc(Br)ccc1N1CC[C@H](NC(=O)[C@@H]2CCN2)C1. The molecule has 2 aliphatic rings. The van der Waals surface area contributed by atoms with Crippen molar-refractivity contribution in [3.63, 3.8) is 0 Å². The lowest BCUT2D eigenvalue weighted by atomic mass is 10.1. The monoisotopic (exact) mass is 348 g/mol. The van der Waals surface area contributed by atoms with Crippen LogP contribution in [0.1, 0.15) is 18.4 Å². The van der Waals surface area contributed by atoms with E-state index in [1.165, 1.54) is 0 Å². The van der Waals surface area contributed by atoms with Crippen molar-refractivity contribution >= 4 is 27.5 Å². The van der Waals surface area contributed by atoms with Crippen LogP contribution in [0.4, 0.5) is 5.69 Å². The second-order valence-corrected chi connectivity index (χ2v) is 6.42. The fourth-order valence-electron chi connectivity index (χ4n) is 2.78. The molecule has 0 radical (unpaired) electrons. The Kier molecular flexibility index (Phi) is 4.13. The number of nitrogens with one attached hydrogen (secondary N) is 2. The highest BCUT2D eigenvalue weighted by atomic mass is 79.9. The van der Waals surface area contributed by atoms with Crippen molar-refractivity contribution in [1.82, 2.24) is 10.6 Å². The van der Waals surface area contributed by atoms with Gasteiger partial charge in [0.15, 0.2) is 0 Å². The van der Waals surface area contributed by atoms with E-state index in [1.807, 2.05) is 18.2 Å². The first-order valence-electron chi connectivity index (χ1n) is 7.16. The quantitative estimate of drug-likeness (QED) is 0.865. The Bertz CT molecular complexity index is 594. The van der Waals surface area contributed by atoms with Gasteiger partial charge in [0.2, 0.25) is 5.91 Å². The minimum absolute atomic E-state index is 0.0126. The van der Waals surface area contributed by atoms with E-state index in [4.69, 9.17) is 0 Å². The van der Waals surface area contributed by atoms with E-state index in [0.717, 1.165) is 42.6 Å². The van der Waals surface area contributed by atoms with Crippen molar-refractivity contribution in [3.05, 3.63) is 28.2 Å². The van der Waals surface area contributed by atoms with Crippen LogP contribution in [0.3, 0.4) is 0 Å². The van der Waals surface area contributed by atoms with E-state index >= 15 is 0 Å². The van der Waals surface area contributed by atoms with E-state index in [1.54, 1.807) is 0 Å². The van der Waals surface area contributed by atoms with E-state index in [-0.39, 0.29) is 18.0 Å². The summed E-state index contributed by atoms with van der Waals surface area (Å²) in [6.07, 6.45) is 1.84. The third kappa shape index (κ3) is 3.04. The zero-order valence-electron chi connectivity index (χ0n) is 11.6. The smallest absolute Gasteiger partial charge is 0.237 e. The molecule has 3 rings (SSSR count). The Hall–Kier alpha value is -1.58. The second kappa shape index (κ2) is 6.04. The van der Waals surface area contributed by atoms with Gasteiger partial charge in [0.1, 0.15) is 6.07 Å². The maximum absolute atomic E-state index is 11.9. The number of nitriles is 1. The number of carbonyl (C=O) groups excluding carboxylic acids is 1. The lowest BCUT2D eigenvalue weighted by molar-refractivity contribution is -0.125. The molecule has 2 fully saturated rings. The van der Waals surface area contributed by atoms with E-state index in [2.05, 4.69) is 37.5 Å². The molecule has 1 amide bonds. The van der Waals surface area contributed by atoms with Crippen LogP contribution in [0, 0.1) is 11.3 Å². The predicted molar refractivity (Wildman–Crippen MR) is 84.0 cm³/mol. The van der Waals surface area contributed by atoms with Gasteiger partial charge in [0, 0.05) is 23.6 Å². The average Bonchev–Trinajstić information content (AvgIpc) is 2.84. The summed E-state index contributed by atoms with van der Waals surface area (Å²) in [7, 11) is 0. The van der Waals surface area contributed by atoms with Gasteiger partial charge in [-0.1, -0.05) is 15.9 Å². The summed E-state index contributed by atoms with van der Waals surface area (Å²) in [5.41, 5.74) is 1.61. The van der Waals surface area contributed by atoms with Crippen LogP contribution in [0.2, 0.25) is 0 Å². The summed E-state index contributed by atoms with van der Waals surface area (Å²) in [6, 6.07) is 8.12. The van der Waals surface area contributed by atoms with Crippen molar-refractivity contribution in [2.45, 2.75) is 24.9 Å². The maximum atomic E-state index is 11.9. The van der Waals surface area contributed by atoms with Crippen LogP contribution >= 0.6 is 15.9 Å². The molecular formula is C15H17BrN4O. The van der Waals surface area contributed by atoms with Crippen LogP contribution in [0.25, 0.3) is 0 Å². The summed E-state index contributed by atoms with van der Waals surface area (Å²) in [6.45, 7) is 2.55. The lowest BCUT2D eigenvalue weighted by Gasteiger charge is -2.28. The number of benzene rings is 1. The number of nitrogens with zero attached hydrogens (tertiary/aromatic N) is 2. The summed E-state index contributed by atoms with van der Waals surface area (Å²) in [5.74, 6) is 0.101. The first kappa shape index (κ1) is 14.4. The molecule has 0 bridgehead atoms. The highest BCUT2D eigenvalue weighted by Gasteiger charge is 2.30. The van der Waals surface area contributed by atoms with Gasteiger partial charge >= 0.3 is 0 Å². The van der Waals surface area contributed by atoms with Crippen molar-refractivity contribution in [2.24, 2.45) is 0 Å². The Morgan fingerprint density at radius 2 is 2.29 bits per heavy atom. The molecular weight excluding hydrogens is 332 g/mol. The molecule has 1 aromatic carbocycles. The number of hydrogen-bond donors (Lipinski definition) is 2. The zero-order chi connectivity index (χ0) is 14.8. The van der Waals surface area contributed by atoms with Gasteiger partial charge in [-0.2, -0.15) is 5.26 Å². The van der Waals surface area contributed by atoms with E-state index in [0.29, 0.717) is 5.56 Å². The first-order chi connectivity index (χ1) is 10.2. The predicted octanol–water partition coefficient (Wildman–Crippen LogP) is 1.38. The molecule has 6 heteroatoms. The van der Waals surface area contributed by atoms with Crippen molar-refractivity contribution in [1.29, 1.82) is 5.26 Å². The van der Waals surface area contributed by atoms with Gasteiger partial charge in [0.05, 0.1) is 17.3 Å². The van der Waals surface area contributed by atoms with Crippen LogP contribution < -0.4 is 15.5 Å². The molecule has 5 nitrogen and oxygen atoms in total. The molecule has 2 heterocycles. The van der Waals surface area contributed by atoms with Gasteiger partial charge < -0.3 is 15.5 Å². The van der Waals surface area contributed by atoms with Gasteiger partial charge in [0.25, 0.3) is 0 Å². The van der Waals surface area contributed by atoms with Crippen LogP contribution in [0.15, 0.2) is 22.7 Å². The molecule has 0 aromatic heterocycles. The Balaban J connectivity index is 1.64. The fourth-order valence-corrected chi connectivity index (χ4v) is 3.15. The third-order valence-corrected chi connectivity index (χ3v) is 4.59. The summed E-state index contributed by atoms with van der Waals surface area (Å²) in [4.78, 5) is 14.1. The fraction of sp³-hybridized carbons (Fsp3) is 0.467. The largest absolute Gasteiger partial charge is 0.368 e. The van der Waals surface area contributed by atoms with Crippen molar-refractivity contribution in [3.8, 4) is 6.07 Å². The number of anilines is 1. The zero-order valence-corrected chi connectivity index (χ0v) is 13.2. The number of carbonyl (C=O) groups is 1. The normalized spacial score (nSPS) is 24.3. The Labute approximate surface area is 132 Å². The molecule has 0 spiro atoms. The average molecular weight is 349 g/mol. The van der Waals surface area contributed by atoms with Gasteiger partial charge in [-0.05, 0) is 37.6 Å². The van der Waals surface area contributed by atoms with Gasteiger partial charge in [-0.3, -0.25) is 4.79 Å². The second-order valence-electron chi connectivity index (χ2n) is 5.51. The van der Waals surface area contributed by atoms with Crippen molar-refractivity contribution in [2.75, 3.05) is 24.5 Å². The third-order valence-electron chi connectivity index (χ3n) is 4.09. The standard InChI is InChI=1S/C15H17BrN4O/c16-11-1-2-14(10(7-11)8-17)20-6-4-12(9-20)19-15(21)13-3-5-18-13/h1-2,7,12-13,18H,3-6,9H2,(H,19,21)/t12-,13-/m0/s1. The number of halogens is 1. The van der Waals surface area contributed by atoms with Crippen LogP contribution in [0.5, 0.6) is 0 Å². The van der Waals surface area contributed by atoms with Gasteiger partial charge in [-0.15, -0.1) is 0 Å². The minimum Gasteiger partial charge on any atom is -0.368 e. The number of hydrogen-bond acceptors (Lipinski definition) is 4. The van der Waals surface area contributed by atoms with E-state index in [9.17, 15) is 10.1 Å². The van der Waals surface area contributed by atoms with Gasteiger partial charge in [-0.25, -0.2) is 0 Å². The minimum atomic E-state index is -0.0126. The Morgan fingerprint density at radius 3 is 2.95 bits per heavy atom. The summed E-state index contributed by atoms with van der Waals surface area (Å²) < 4.78 is 0.905. The maximum Gasteiger partial charge on any atom is 0.237 e. The molecule has 2 aliphatic heterocycles. The highest BCUT2D eigenvalue weighted by Crippen LogP contribution is 2.27. The molecule has 2 atom stereocenters. The Morgan fingerprint density at radius 1 is 1.48 bits per heavy atom. The summed E-state index contributed by atoms with van der Waals surface area (Å²) >= 11 is 3.39. The van der Waals surface area contributed by atoms with E-state index < -0.39 is 0 Å². The van der Waals surface area contributed by atoms with Crippen LogP contribution in [-0.4, -0.2) is 37.6 Å². The van der Waals surface area contributed by atoms with Crippen LogP contribution in [-0.2, 0) is 4.79 Å². The van der Waals surface area contributed by atoms with Crippen molar-refractivity contribution < 1.29 is 4.79 Å².